The summed E-state index contributed by atoms with van der Waals surface area (Å²) in [6, 6.07) is 14.5. The van der Waals surface area contributed by atoms with Gasteiger partial charge in [0.25, 0.3) is 0 Å². The molecule has 0 radical (unpaired) electrons. The third-order valence-electron chi connectivity index (χ3n) is 6.05. The first-order chi connectivity index (χ1) is 15.1. The second-order valence-corrected chi connectivity index (χ2v) is 7.95. The molecule has 4 rings (SSSR count). The van der Waals surface area contributed by atoms with Crippen molar-refractivity contribution in [3.05, 3.63) is 83.7 Å². The Labute approximate surface area is 179 Å². The molecule has 2 aromatic carbocycles. The van der Waals surface area contributed by atoms with Crippen LogP contribution in [0.4, 0.5) is 8.78 Å². The smallest absolute Gasteiger partial charge is 0.162 e. The van der Waals surface area contributed by atoms with E-state index in [-0.39, 0.29) is 30.3 Å². The zero-order valence-electron chi connectivity index (χ0n) is 17.0. The lowest BCUT2D eigenvalue weighted by molar-refractivity contribution is 0.0716. The maximum absolute atomic E-state index is 14.1. The Kier molecular flexibility index (Phi) is 6.65. The second-order valence-electron chi connectivity index (χ2n) is 7.95. The van der Waals surface area contributed by atoms with E-state index in [0.29, 0.717) is 42.0 Å². The maximum atomic E-state index is 14.1. The molecule has 4 atom stereocenters. The van der Waals surface area contributed by atoms with E-state index in [2.05, 4.69) is 15.3 Å². The molecule has 7 heteroatoms. The molecule has 31 heavy (non-hydrogen) atoms. The molecule has 1 aliphatic carbocycles. The Morgan fingerprint density at radius 3 is 2.45 bits per heavy atom. The van der Waals surface area contributed by atoms with Crippen LogP contribution in [0, 0.1) is 23.5 Å². The van der Waals surface area contributed by atoms with Gasteiger partial charge in [-0.15, -0.1) is 0 Å². The highest BCUT2D eigenvalue weighted by Crippen LogP contribution is 2.35. The third-order valence-corrected chi connectivity index (χ3v) is 6.05. The highest BCUT2D eigenvalue weighted by Gasteiger charge is 2.42. The van der Waals surface area contributed by atoms with E-state index in [9.17, 15) is 19.0 Å². The fraction of sp³-hybridized carbons (Fsp3) is 0.333. The standard InChI is InChI=1S/C24H25F2N3O2/c25-20-7-3-1-5-15(20)13-28-22-12-23(31)19(14-30)18(22)11-16-9-10-27-24(29-16)17-6-2-4-8-21(17)26/h1-10,18-19,22-23,28,30-31H,11-14H2/t18-,19-,22-,23-/m1/s1. The van der Waals surface area contributed by atoms with Crippen LogP contribution >= 0.6 is 0 Å². The number of aromatic nitrogens is 2. The molecule has 0 saturated heterocycles. The van der Waals surface area contributed by atoms with Crippen molar-refractivity contribution in [1.82, 2.24) is 15.3 Å². The zero-order valence-corrected chi connectivity index (χ0v) is 17.0. The number of benzene rings is 2. The van der Waals surface area contributed by atoms with Crippen molar-refractivity contribution in [3.8, 4) is 11.4 Å². The van der Waals surface area contributed by atoms with Crippen LogP contribution in [0.3, 0.4) is 0 Å². The first-order valence-corrected chi connectivity index (χ1v) is 10.4. The number of nitrogens with one attached hydrogen (secondary N) is 1. The topological polar surface area (TPSA) is 78.3 Å². The number of hydrogen-bond donors (Lipinski definition) is 3. The molecule has 1 aliphatic rings. The predicted octanol–water partition coefficient (Wildman–Crippen LogP) is 3.11. The largest absolute Gasteiger partial charge is 0.396 e. The zero-order chi connectivity index (χ0) is 21.8. The lowest BCUT2D eigenvalue weighted by atomic mass is 9.88. The normalized spacial score (nSPS) is 23.2. The van der Waals surface area contributed by atoms with Crippen molar-refractivity contribution < 1.29 is 19.0 Å². The van der Waals surface area contributed by atoms with Crippen LogP contribution in [-0.2, 0) is 13.0 Å². The molecular weight excluding hydrogens is 400 g/mol. The second kappa shape index (κ2) is 9.60. The predicted molar refractivity (Wildman–Crippen MR) is 113 cm³/mol. The third kappa shape index (κ3) is 4.79. The van der Waals surface area contributed by atoms with Gasteiger partial charge in [-0.1, -0.05) is 30.3 Å². The Hall–Kier alpha value is -2.74. The minimum Gasteiger partial charge on any atom is -0.396 e. The SMILES string of the molecule is OC[C@@H]1[C@@H](Cc2ccnc(-c3ccccc3F)n2)[C@H](NCc2ccccc2F)C[C@H]1O. The molecule has 0 bridgehead atoms. The number of aliphatic hydroxyl groups excluding tert-OH is 2. The lowest BCUT2D eigenvalue weighted by Gasteiger charge is -2.25. The van der Waals surface area contributed by atoms with Gasteiger partial charge in [-0.2, -0.15) is 0 Å². The van der Waals surface area contributed by atoms with Crippen molar-refractivity contribution in [1.29, 1.82) is 0 Å². The minimum atomic E-state index is -0.666. The van der Waals surface area contributed by atoms with Crippen molar-refractivity contribution >= 4 is 0 Å². The van der Waals surface area contributed by atoms with Gasteiger partial charge in [0.2, 0.25) is 0 Å². The molecule has 0 aliphatic heterocycles. The van der Waals surface area contributed by atoms with Crippen LogP contribution in [0.15, 0.2) is 60.8 Å². The minimum absolute atomic E-state index is 0.116. The highest BCUT2D eigenvalue weighted by atomic mass is 19.1. The number of aliphatic hydroxyl groups is 2. The molecule has 1 saturated carbocycles. The molecule has 1 aromatic heterocycles. The monoisotopic (exact) mass is 425 g/mol. The van der Waals surface area contributed by atoms with Gasteiger partial charge in [0.05, 0.1) is 11.7 Å². The number of rotatable bonds is 7. The number of hydrogen-bond acceptors (Lipinski definition) is 5. The first kappa shape index (κ1) is 21.5. The fourth-order valence-corrected chi connectivity index (χ4v) is 4.39. The molecule has 1 fully saturated rings. The summed E-state index contributed by atoms with van der Waals surface area (Å²) in [5, 5.41) is 23.7. The summed E-state index contributed by atoms with van der Waals surface area (Å²) >= 11 is 0. The molecule has 3 aromatic rings. The van der Waals surface area contributed by atoms with Gasteiger partial charge in [-0.3, -0.25) is 0 Å². The summed E-state index contributed by atoms with van der Waals surface area (Å²) in [6.45, 7) is 0.165. The molecule has 1 heterocycles. The lowest BCUT2D eigenvalue weighted by Crippen LogP contribution is -2.36. The average Bonchev–Trinajstić information content (AvgIpc) is 3.07. The van der Waals surface area contributed by atoms with E-state index < -0.39 is 11.9 Å². The van der Waals surface area contributed by atoms with Gasteiger partial charge in [0.15, 0.2) is 5.82 Å². The molecule has 162 valence electrons. The summed E-state index contributed by atoms with van der Waals surface area (Å²) in [5.41, 5.74) is 1.57. The average molecular weight is 425 g/mol. The first-order valence-electron chi connectivity index (χ1n) is 10.4. The van der Waals surface area contributed by atoms with Crippen molar-refractivity contribution in [2.75, 3.05) is 6.61 Å². The molecular formula is C24H25F2N3O2. The summed E-state index contributed by atoms with van der Waals surface area (Å²) in [4.78, 5) is 8.72. The van der Waals surface area contributed by atoms with Crippen LogP contribution in [0.5, 0.6) is 0 Å². The van der Waals surface area contributed by atoms with E-state index in [4.69, 9.17) is 0 Å². The van der Waals surface area contributed by atoms with E-state index in [0.717, 1.165) is 0 Å². The van der Waals surface area contributed by atoms with E-state index in [1.54, 1.807) is 48.7 Å². The molecule has 5 nitrogen and oxygen atoms in total. The van der Waals surface area contributed by atoms with Crippen LogP contribution in [0.2, 0.25) is 0 Å². The van der Waals surface area contributed by atoms with Crippen LogP contribution < -0.4 is 5.32 Å². The highest BCUT2D eigenvalue weighted by molar-refractivity contribution is 5.55. The van der Waals surface area contributed by atoms with Crippen LogP contribution in [-0.4, -0.2) is 38.9 Å². The Morgan fingerprint density at radius 1 is 0.968 bits per heavy atom. The molecule has 3 N–H and O–H groups in total. The van der Waals surface area contributed by atoms with Gasteiger partial charge >= 0.3 is 0 Å². The summed E-state index contributed by atoms with van der Waals surface area (Å²) in [6.07, 6.45) is 1.85. The molecule has 0 amide bonds. The quantitative estimate of drug-likeness (QED) is 0.542. The molecule has 0 spiro atoms. The van der Waals surface area contributed by atoms with E-state index in [1.165, 1.54) is 12.1 Å². The van der Waals surface area contributed by atoms with Gasteiger partial charge in [-0.05, 0) is 43.0 Å². The molecule has 0 unspecified atom stereocenters. The summed E-state index contributed by atoms with van der Waals surface area (Å²) < 4.78 is 28.1. The maximum Gasteiger partial charge on any atom is 0.162 e. The van der Waals surface area contributed by atoms with Crippen molar-refractivity contribution in [2.24, 2.45) is 11.8 Å². The van der Waals surface area contributed by atoms with Crippen molar-refractivity contribution in [3.63, 3.8) is 0 Å². The number of halogens is 2. The Morgan fingerprint density at radius 2 is 1.71 bits per heavy atom. The Bertz CT molecular complexity index is 1030. The van der Waals surface area contributed by atoms with Gasteiger partial charge in [0, 0.05) is 42.6 Å². The van der Waals surface area contributed by atoms with Crippen LogP contribution in [0.1, 0.15) is 17.7 Å². The van der Waals surface area contributed by atoms with E-state index >= 15 is 0 Å². The van der Waals surface area contributed by atoms with Gasteiger partial charge < -0.3 is 15.5 Å². The van der Waals surface area contributed by atoms with Gasteiger partial charge in [-0.25, -0.2) is 18.7 Å². The summed E-state index contributed by atoms with van der Waals surface area (Å²) in [7, 11) is 0. The summed E-state index contributed by atoms with van der Waals surface area (Å²) in [5.74, 6) is -0.826. The van der Waals surface area contributed by atoms with E-state index in [1.807, 2.05) is 0 Å². The van der Waals surface area contributed by atoms with Gasteiger partial charge in [0.1, 0.15) is 11.6 Å². The number of nitrogens with zero attached hydrogens (tertiary/aromatic N) is 2. The fourth-order valence-electron chi connectivity index (χ4n) is 4.39. The Balaban J connectivity index is 1.53. The van der Waals surface area contributed by atoms with Crippen LogP contribution in [0.25, 0.3) is 11.4 Å². The van der Waals surface area contributed by atoms with Crippen molar-refractivity contribution in [2.45, 2.75) is 31.5 Å².